The number of hydrogen-bond acceptors (Lipinski definition) is 2. The lowest BCUT2D eigenvalue weighted by Crippen LogP contribution is -2.34. The molecule has 1 unspecified atom stereocenters. The van der Waals surface area contributed by atoms with Crippen molar-refractivity contribution in [1.29, 1.82) is 0 Å². The van der Waals surface area contributed by atoms with Crippen LogP contribution in [0.1, 0.15) is 39.2 Å². The molecule has 0 saturated carbocycles. The van der Waals surface area contributed by atoms with E-state index < -0.39 is 0 Å². The highest BCUT2D eigenvalue weighted by Gasteiger charge is 2.19. The third kappa shape index (κ3) is 4.62. The Bertz CT molecular complexity index is 385. The van der Waals surface area contributed by atoms with Gasteiger partial charge in [0.25, 0.3) is 0 Å². The van der Waals surface area contributed by atoms with Gasteiger partial charge in [0.2, 0.25) is 0 Å². The Hall–Kier alpha value is -0.540. The number of aryl methyl sites for hydroxylation is 1. The Morgan fingerprint density at radius 3 is 2.56 bits per heavy atom. The minimum atomic E-state index is 0.182. The van der Waals surface area contributed by atoms with Crippen molar-refractivity contribution in [3.63, 3.8) is 0 Å². The molecule has 2 nitrogen and oxygen atoms in total. The average molecular weight is 314 g/mol. The molecule has 0 aliphatic heterocycles. The second-order valence-electron chi connectivity index (χ2n) is 5.82. The molecule has 0 saturated heterocycles. The van der Waals surface area contributed by atoms with E-state index in [0.717, 1.165) is 29.5 Å². The first-order chi connectivity index (χ1) is 8.34. The first-order valence-corrected chi connectivity index (χ1v) is 7.22. The van der Waals surface area contributed by atoms with Crippen molar-refractivity contribution in [1.82, 2.24) is 0 Å². The van der Waals surface area contributed by atoms with Gasteiger partial charge in [-0.1, -0.05) is 36.7 Å². The highest BCUT2D eigenvalue weighted by atomic mass is 79.9. The predicted molar refractivity (Wildman–Crippen MR) is 81.1 cm³/mol. The van der Waals surface area contributed by atoms with E-state index in [0.29, 0.717) is 0 Å². The van der Waals surface area contributed by atoms with Crippen LogP contribution < -0.4 is 10.5 Å². The fourth-order valence-corrected chi connectivity index (χ4v) is 2.30. The molecular weight excluding hydrogens is 290 g/mol. The number of rotatable bonds is 5. The molecule has 0 heterocycles. The smallest absolute Gasteiger partial charge is 0.122 e. The van der Waals surface area contributed by atoms with E-state index in [4.69, 9.17) is 10.5 Å². The van der Waals surface area contributed by atoms with Crippen LogP contribution in [0.4, 0.5) is 0 Å². The summed E-state index contributed by atoms with van der Waals surface area (Å²) in [6.45, 7) is 6.58. The molecule has 18 heavy (non-hydrogen) atoms. The minimum Gasteiger partial charge on any atom is -0.496 e. The highest BCUT2D eigenvalue weighted by Crippen LogP contribution is 2.26. The molecule has 1 aromatic rings. The Labute approximate surface area is 119 Å². The Morgan fingerprint density at radius 1 is 1.33 bits per heavy atom. The van der Waals surface area contributed by atoms with Crippen LogP contribution in [0.3, 0.4) is 0 Å². The molecule has 0 aromatic heterocycles. The number of halogens is 1. The first kappa shape index (κ1) is 15.5. The van der Waals surface area contributed by atoms with Gasteiger partial charge in [-0.2, -0.15) is 0 Å². The molecule has 0 amide bonds. The summed E-state index contributed by atoms with van der Waals surface area (Å²) < 4.78 is 6.47. The van der Waals surface area contributed by atoms with Gasteiger partial charge in [-0.25, -0.2) is 0 Å². The van der Waals surface area contributed by atoms with Crippen molar-refractivity contribution in [2.45, 2.75) is 46.1 Å². The number of hydrogen-bond donors (Lipinski definition) is 1. The predicted octanol–water partition coefficient (Wildman–Crippen LogP) is 4.15. The first-order valence-electron chi connectivity index (χ1n) is 6.42. The average Bonchev–Trinajstić information content (AvgIpc) is 2.28. The van der Waals surface area contributed by atoms with E-state index in [-0.39, 0.29) is 11.5 Å². The van der Waals surface area contributed by atoms with Gasteiger partial charge in [0, 0.05) is 10.5 Å². The third-order valence-corrected chi connectivity index (χ3v) is 3.81. The van der Waals surface area contributed by atoms with Gasteiger partial charge in [-0.05, 0) is 48.4 Å². The molecule has 102 valence electrons. The Kier molecular flexibility index (Phi) is 5.67. The fourth-order valence-electron chi connectivity index (χ4n) is 1.89. The summed E-state index contributed by atoms with van der Waals surface area (Å²) in [7, 11) is 1.72. The van der Waals surface area contributed by atoms with Crippen LogP contribution in [-0.4, -0.2) is 13.2 Å². The summed E-state index contributed by atoms with van der Waals surface area (Å²) in [6, 6.07) is 6.38. The molecule has 0 aliphatic carbocycles. The molecule has 0 bridgehead atoms. The SMILES string of the molecule is COc1ccc(Br)cc1CCCC(N)C(C)(C)C. The topological polar surface area (TPSA) is 35.2 Å². The molecule has 0 fully saturated rings. The van der Waals surface area contributed by atoms with Gasteiger partial charge in [0.05, 0.1) is 7.11 Å². The highest BCUT2D eigenvalue weighted by molar-refractivity contribution is 9.10. The monoisotopic (exact) mass is 313 g/mol. The molecule has 2 N–H and O–H groups in total. The lowest BCUT2D eigenvalue weighted by molar-refractivity contribution is 0.301. The summed E-state index contributed by atoms with van der Waals surface area (Å²) in [5.41, 5.74) is 7.60. The second kappa shape index (κ2) is 6.58. The van der Waals surface area contributed by atoms with E-state index in [1.54, 1.807) is 7.11 Å². The molecule has 1 aromatic carbocycles. The van der Waals surface area contributed by atoms with Gasteiger partial charge in [0.1, 0.15) is 5.75 Å². The zero-order chi connectivity index (χ0) is 13.8. The summed E-state index contributed by atoms with van der Waals surface area (Å²) in [6.07, 6.45) is 3.14. The van der Waals surface area contributed by atoms with Gasteiger partial charge < -0.3 is 10.5 Å². The second-order valence-corrected chi connectivity index (χ2v) is 6.74. The standard InChI is InChI=1S/C15H24BrNO/c1-15(2,3)14(17)7-5-6-11-10-12(16)8-9-13(11)18-4/h8-10,14H,5-7,17H2,1-4H3. The molecule has 0 radical (unpaired) electrons. The lowest BCUT2D eigenvalue weighted by Gasteiger charge is -2.27. The van der Waals surface area contributed by atoms with E-state index >= 15 is 0 Å². The number of benzene rings is 1. The lowest BCUT2D eigenvalue weighted by atomic mass is 9.84. The van der Waals surface area contributed by atoms with Crippen molar-refractivity contribution < 1.29 is 4.74 Å². The Balaban J connectivity index is 2.56. The molecule has 3 heteroatoms. The van der Waals surface area contributed by atoms with E-state index in [1.807, 2.05) is 12.1 Å². The van der Waals surface area contributed by atoms with E-state index in [9.17, 15) is 0 Å². The van der Waals surface area contributed by atoms with Crippen molar-refractivity contribution in [3.05, 3.63) is 28.2 Å². The quantitative estimate of drug-likeness (QED) is 0.886. The third-order valence-electron chi connectivity index (χ3n) is 3.32. The summed E-state index contributed by atoms with van der Waals surface area (Å²) in [5.74, 6) is 0.961. The van der Waals surface area contributed by atoms with Gasteiger partial charge in [-0.3, -0.25) is 0 Å². The molecule has 1 atom stereocenters. The van der Waals surface area contributed by atoms with E-state index in [2.05, 4.69) is 42.8 Å². The van der Waals surface area contributed by atoms with Crippen molar-refractivity contribution >= 4 is 15.9 Å². The van der Waals surface area contributed by atoms with Crippen molar-refractivity contribution in [3.8, 4) is 5.75 Å². The fraction of sp³-hybridized carbons (Fsp3) is 0.600. The van der Waals surface area contributed by atoms with Crippen LogP contribution in [0.25, 0.3) is 0 Å². The van der Waals surface area contributed by atoms with E-state index in [1.165, 1.54) is 5.56 Å². The van der Waals surface area contributed by atoms with Crippen LogP contribution in [0, 0.1) is 5.41 Å². The van der Waals surface area contributed by atoms with Crippen LogP contribution >= 0.6 is 15.9 Å². The Morgan fingerprint density at radius 2 is 2.00 bits per heavy atom. The van der Waals surface area contributed by atoms with Gasteiger partial charge in [-0.15, -0.1) is 0 Å². The molecule has 1 rings (SSSR count). The van der Waals surface area contributed by atoms with Crippen LogP contribution in [0.2, 0.25) is 0 Å². The van der Waals surface area contributed by atoms with Crippen LogP contribution in [0.15, 0.2) is 22.7 Å². The van der Waals surface area contributed by atoms with Gasteiger partial charge >= 0.3 is 0 Å². The summed E-state index contributed by atoms with van der Waals surface area (Å²) in [5, 5.41) is 0. The number of nitrogens with two attached hydrogens (primary N) is 1. The molecule has 0 aliphatic rings. The van der Waals surface area contributed by atoms with Gasteiger partial charge in [0.15, 0.2) is 0 Å². The summed E-state index contributed by atoms with van der Waals surface area (Å²) in [4.78, 5) is 0. The summed E-state index contributed by atoms with van der Waals surface area (Å²) >= 11 is 3.50. The number of ether oxygens (including phenoxy) is 1. The van der Waals surface area contributed by atoms with Crippen LogP contribution in [-0.2, 0) is 6.42 Å². The largest absolute Gasteiger partial charge is 0.496 e. The van der Waals surface area contributed by atoms with Crippen molar-refractivity contribution in [2.75, 3.05) is 7.11 Å². The maximum atomic E-state index is 6.17. The maximum Gasteiger partial charge on any atom is 0.122 e. The zero-order valence-electron chi connectivity index (χ0n) is 11.8. The maximum absolute atomic E-state index is 6.17. The molecular formula is C15H24BrNO. The normalized spacial score (nSPS) is 13.4. The molecule has 0 spiro atoms. The van der Waals surface area contributed by atoms with Crippen molar-refractivity contribution in [2.24, 2.45) is 11.1 Å². The zero-order valence-corrected chi connectivity index (χ0v) is 13.4. The van der Waals surface area contributed by atoms with Crippen LogP contribution in [0.5, 0.6) is 5.75 Å². The minimum absolute atomic E-state index is 0.182. The number of methoxy groups -OCH3 is 1.